The fraction of sp³-hybridized carbons (Fsp3) is 0.286. The second-order valence-corrected chi connectivity index (χ2v) is 5.71. The first-order chi connectivity index (χ1) is 10.4. The maximum Gasteiger partial charge on any atom is 0.317 e. The molecule has 0 radical (unpaired) electrons. The van der Waals surface area contributed by atoms with Crippen molar-refractivity contribution in [3.8, 4) is 0 Å². The van der Waals surface area contributed by atoms with Crippen LogP contribution in [0.2, 0.25) is 10.0 Å². The Balaban J connectivity index is 2.03. The van der Waals surface area contributed by atoms with Crippen LogP contribution < -0.4 is 5.32 Å². The number of benzene rings is 1. The number of nitrogens with zero attached hydrogens (tertiary/aromatic N) is 2. The van der Waals surface area contributed by atoms with Crippen molar-refractivity contribution < 1.29 is 9.18 Å². The Morgan fingerprint density at radius 2 is 2.18 bits per heavy atom. The Kier molecular flexibility index (Phi) is 5.26. The van der Waals surface area contributed by atoms with E-state index in [1.165, 1.54) is 17.0 Å². The van der Waals surface area contributed by atoms with Gasteiger partial charge in [0.1, 0.15) is 5.82 Å². The first-order valence-corrected chi connectivity index (χ1v) is 7.28. The summed E-state index contributed by atoms with van der Waals surface area (Å²) in [5, 5.41) is 9.59. The zero-order valence-electron chi connectivity index (χ0n) is 12.0. The number of urea groups is 1. The van der Waals surface area contributed by atoms with Gasteiger partial charge in [0.2, 0.25) is 0 Å². The topological polar surface area (TPSA) is 61.0 Å². The molecule has 1 aromatic carbocycles. The van der Waals surface area contributed by atoms with Gasteiger partial charge in [-0.2, -0.15) is 5.10 Å². The first-order valence-electron chi connectivity index (χ1n) is 6.52. The molecular formula is C14H15Cl2FN4O. The number of nitrogens with one attached hydrogen (secondary N) is 2. The van der Waals surface area contributed by atoms with Crippen molar-refractivity contribution in [2.75, 3.05) is 7.05 Å². The third-order valence-electron chi connectivity index (χ3n) is 3.16. The fourth-order valence-corrected chi connectivity index (χ4v) is 2.49. The molecule has 0 aliphatic heterocycles. The second-order valence-electron chi connectivity index (χ2n) is 4.90. The van der Waals surface area contributed by atoms with Crippen molar-refractivity contribution in [2.24, 2.45) is 0 Å². The summed E-state index contributed by atoms with van der Waals surface area (Å²) in [7, 11) is 1.65. The van der Waals surface area contributed by atoms with Crippen molar-refractivity contribution in [2.45, 2.75) is 19.5 Å². The van der Waals surface area contributed by atoms with E-state index in [2.05, 4.69) is 15.5 Å². The summed E-state index contributed by atoms with van der Waals surface area (Å²) in [6.45, 7) is 2.10. The largest absolute Gasteiger partial charge is 0.331 e. The number of hydrogen-bond donors (Lipinski definition) is 2. The number of carbonyl (C=O) groups is 1. The predicted octanol–water partition coefficient (Wildman–Crippen LogP) is 3.76. The van der Waals surface area contributed by atoms with Gasteiger partial charge in [-0.3, -0.25) is 5.10 Å². The van der Waals surface area contributed by atoms with E-state index in [0.717, 1.165) is 5.69 Å². The first kappa shape index (κ1) is 16.6. The lowest BCUT2D eigenvalue weighted by Gasteiger charge is -2.22. The maximum atomic E-state index is 13.5. The molecule has 22 heavy (non-hydrogen) atoms. The molecule has 0 saturated heterocycles. The van der Waals surface area contributed by atoms with Gasteiger partial charge in [0.05, 0.1) is 23.3 Å². The van der Waals surface area contributed by atoms with Crippen LogP contribution in [-0.2, 0) is 6.54 Å². The Bertz CT molecular complexity index is 663. The average Bonchev–Trinajstić information content (AvgIpc) is 2.95. The molecule has 0 bridgehead atoms. The van der Waals surface area contributed by atoms with Crippen LogP contribution in [0.4, 0.5) is 9.18 Å². The van der Waals surface area contributed by atoms with Gasteiger partial charge in [-0.1, -0.05) is 23.2 Å². The van der Waals surface area contributed by atoms with Crippen LogP contribution in [0.15, 0.2) is 24.4 Å². The van der Waals surface area contributed by atoms with E-state index in [0.29, 0.717) is 17.1 Å². The van der Waals surface area contributed by atoms with Gasteiger partial charge in [-0.15, -0.1) is 0 Å². The Morgan fingerprint density at radius 3 is 2.82 bits per heavy atom. The third kappa shape index (κ3) is 3.90. The zero-order chi connectivity index (χ0) is 16.3. The molecule has 0 saturated carbocycles. The number of rotatable bonds is 4. The van der Waals surface area contributed by atoms with Crippen molar-refractivity contribution in [1.82, 2.24) is 20.4 Å². The Morgan fingerprint density at radius 1 is 1.45 bits per heavy atom. The van der Waals surface area contributed by atoms with Crippen LogP contribution in [0.1, 0.15) is 24.2 Å². The lowest BCUT2D eigenvalue weighted by molar-refractivity contribution is 0.203. The number of H-pyrrole nitrogens is 1. The predicted molar refractivity (Wildman–Crippen MR) is 83.4 cm³/mol. The summed E-state index contributed by atoms with van der Waals surface area (Å²) in [4.78, 5) is 13.6. The minimum absolute atomic E-state index is 0.0522. The molecular weight excluding hydrogens is 330 g/mol. The zero-order valence-corrected chi connectivity index (χ0v) is 13.5. The molecule has 118 valence electrons. The molecule has 1 atom stereocenters. The molecule has 8 heteroatoms. The van der Waals surface area contributed by atoms with Crippen LogP contribution in [0, 0.1) is 5.82 Å². The highest BCUT2D eigenvalue weighted by Gasteiger charge is 2.17. The number of halogens is 3. The van der Waals surface area contributed by atoms with Gasteiger partial charge in [0.15, 0.2) is 0 Å². The molecule has 0 fully saturated rings. The lowest BCUT2D eigenvalue weighted by Crippen LogP contribution is -2.38. The summed E-state index contributed by atoms with van der Waals surface area (Å²) in [5.74, 6) is -0.576. The Hall–Kier alpha value is -1.79. The minimum atomic E-state index is -0.576. The van der Waals surface area contributed by atoms with Crippen LogP contribution >= 0.6 is 23.2 Å². The highest BCUT2D eigenvalue weighted by Crippen LogP contribution is 2.28. The Labute approximate surface area is 137 Å². The van der Waals surface area contributed by atoms with Crippen LogP contribution in [0.3, 0.4) is 0 Å². The molecule has 0 aliphatic rings. The molecule has 2 amide bonds. The van der Waals surface area contributed by atoms with Crippen molar-refractivity contribution in [3.05, 3.63) is 51.5 Å². The molecule has 0 aliphatic carbocycles. The average molecular weight is 345 g/mol. The van der Waals surface area contributed by atoms with Crippen LogP contribution in [0.25, 0.3) is 0 Å². The standard InChI is InChI=1S/C14H15Cl2FN4O/c1-8(10-5-13(17)12(16)6-11(10)15)19-14(22)21(2)7-9-3-4-18-20-9/h3-6,8H,7H2,1-2H3,(H,18,20)(H,19,22)/t8-/m1/s1. The smallest absolute Gasteiger partial charge is 0.317 e. The van der Waals surface area contributed by atoms with Crippen molar-refractivity contribution in [3.63, 3.8) is 0 Å². The molecule has 1 heterocycles. The number of hydrogen-bond acceptors (Lipinski definition) is 2. The van der Waals surface area contributed by atoms with Crippen LogP contribution in [-0.4, -0.2) is 28.2 Å². The van der Waals surface area contributed by atoms with E-state index in [-0.39, 0.29) is 11.1 Å². The number of aromatic amines is 1. The molecule has 2 N–H and O–H groups in total. The van der Waals surface area contributed by atoms with Gasteiger partial charge < -0.3 is 10.2 Å². The number of amides is 2. The molecule has 0 unspecified atom stereocenters. The van der Waals surface area contributed by atoms with Gasteiger partial charge in [0.25, 0.3) is 0 Å². The summed E-state index contributed by atoms with van der Waals surface area (Å²) in [5.41, 5.74) is 1.27. The van der Waals surface area contributed by atoms with E-state index >= 15 is 0 Å². The van der Waals surface area contributed by atoms with Gasteiger partial charge in [0, 0.05) is 18.3 Å². The van der Waals surface area contributed by atoms with E-state index in [1.54, 1.807) is 26.2 Å². The summed E-state index contributed by atoms with van der Waals surface area (Å²) in [6.07, 6.45) is 1.61. The highest BCUT2D eigenvalue weighted by atomic mass is 35.5. The molecule has 2 aromatic rings. The third-order valence-corrected chi connectivity index (χ3v) is 3.78. The second kappa shape index (κ2) is 6.98. The summed E-state index contributed by atoms with van der Waals surface area (Å²) >= 11 is 11.7. The summed E-state index contributed by atoms with van der Waals surface area (Å²) < 4.78 is 13.5. The van der Waals surface area contributed by atoms with Crippen LogP contribution in [0.5, 0.6) is 0 Å². The maximum absolute atomic E-state index is 13.5. The monoisotopic (exact) mass is 344 g/mol. The number of aromatic nitrogens is 2. The molecule has 1 aromatic heterocycles. The lowest BCUT2D eigenvalue weighted by atomic mass is 10.1. The van der Waals surface area contributed by atoms with Crippen molar-refractivity contribution in [1.29, 1.82) is 0 Å². The van der Waals surface area contributed by atoms with Gasteiger partial charge >= 0.3 is 6.03 Å². The van der Waals surface area contributed by atoms with Gasteiger partial charge in [-0.25, -0.2) is 9.18 Å². The van der Waals surface area contributed by atoms with E-state index in [1.807, 2.05) is 0 Å². The highest BCUT2D eigenvalue weighted by molar-refractivity contribution is 6.35. The minimum Gasteiger partial charge on any atom is -0.331 e. The van der Waals surface area contributed by atoms with E-state index in [9.17, 15) is 9.18 Å². The molecule has 2 rings (SSSR count). The quantitative estimate of drug-likeness (QED) is 0.829. The summed E-state index contributed by atoms with van der Waals surface area (Å²) in [6, 6.07) is 3.55. The van der Waals surface area contributed by atoms with E-state index < -0.39 is 11.9 Å². The normalized spacial score (nSPS) is 12.0. The fourth-order valence-electron chi connectivity index (χ4n) is 1.94. The van der Waals surface area contributed by atoms with Gasteiger partial charge in [-0.05, 0) is 30.7 Å². The number of carbonyl (C=O) groups excluding carboxylic acids is 1. The SMILES string of the molecule is C[C@@H](NC(=O)N(C)Cc1ccn[nH]1)c1cc(F)c(Cl)cc1Cl. The molecule has 0 spiro atoms. The van der Waals surface area contributed by atoms with E-state index in [4.69, 9.17) is 23.2 Å². The van der Waals surface area contributed by atoms with Crippen molar-refractivity contribution >= 4 is 29.2 Å². The molecule has 5 nitrogen and oxygen atoms in total.